The molecule has 1 rings (SSSR count). The van der Waals surface area contributed by atoms with Crippen molar-refractivity contribution in [1.29, 1.82) is 0 Å². The van der Waals surface area contributed by atoms with Gasteiger partial charge in [-0.05, 0) is 6.92 Å². The normalized spacial score (nSPS) is 11.6. The number of Topliss-reactive ketones (excluding diaryl/α,β-unsaturated/α-hetero) is 1. The maximum absolute atomic E-state index is 11.6. The highest BCUT2D eigenvalue weighted by Gasteiger charge is 2.16. The van der Waals surface area contributed by atoms with Crippen LogP contribution in [0.3, 0.4) is 0 Å². The quantitative estimate of drug-likeness (QED) is 0.585. The van der Waals surface area contributed by atoms with Crippen LogP contribution in [0.1, 0.15) is 23.7 Å². The molecule has 0 radical (unpaired) electrons. The number of carboxylic acids is 1. The van der Waals surface area contributed by atoms with Crippen molar-refractivity contribution >= 4 is 17.7 Å². The van der Waals surface area contributed by atoms with Gasteiger partial charge in [-0.2, -0.15) is 0 Å². The summed E-state index contributed by atoms with van der Waals surface area (Å²) >= 11 is 0. The minimum Gasteiger partial charge on any atom is -0.480 e. The second kappa shape index (κ2) is 5.79. The van der Waals surface area contributed by atoms with Crippen LogP contribution in [0.5, 0.6) is 0 Å². The predicted octanol–water partition coefficient (Wildman–Crippen LogP) is 0.849. The van der Waals surface area contributed by atoms with Crippen LogP contribution in [0.4, 0.5) is 0 Å². The third-order valence-electron chi connectivity index (χ3n) is 2.16. The minimum absolute atomic E-state index is 0.333. The van der Waals surface area contributed by atoms with Gasteiger partial charge in [0.15, 0.2) is 5.78 Å². The van der Waals surface area contributed by atoms with Gasteiger partial charge in [0.25, 0.3) is 0 Å². The standard InChI is InChI=1S/C12H13NO4/c1-8(12(16)17)13-11(15)7-10(14)9-5-3-2-4-6-9/h2-6,8H,7H2,1H3,(H,13,15)(H,16,17). The molecule has 0 spiro atoms. The average Bonchev–Trinajstić information content (AvgIpc) is 2.29. The van der Waals surface area contributed by atoms with Crippen LogP contribution in [0, 0.1) is 0 Å². The highest BCUT2D eigenvalue weighted by molar-refractivity contribution is 6.07. The van der Waals surface area contributed by atoms with E-state index in [0.29, 0.717) is 5.56 Å². The molecular formula is C12H13NO4. The second-order valence-electron chi connectivity index (χ2n) is 3.59. The lowest BCUT2D eigenvalue weighted by Gasteiger charge is -2.08. The van der Waals surface area contributed by atoms with Crippen molar-refractivity contribution in [2.45, 2.75) is 19.4 Å². The molecule has 5 heteroatoms. The molecule has 1 aromatic rings. The number of benzene rings is 1. The van der Waals surface area contributed by atoms with Gasteiger partial charge in [0.1, 0.15) is 6.04 Å². The fourth-order valence-corrected chi connectivity index (χ4v) is 1.23. The van der Waals surface area contributed by atoms with Gasteiger partial charge in [-0.15, -0.1) is 0 Å². The Morgan fingerprint density at radius 3 is 2.35 bits per heavy atom. The summed E-state index contributed by atoms with van der Waals surface area (Å²) in [5.41, 5.74) is 0.436. The smallest absolute Gasteiger partial charge is 0.325 e. The zero-order chi connectivity index (χ0) is 12.8. The monoisotopic (exact) mass is 235 g/mol. The number of aliphatic carboxylic acids is 1. The number of hydrogen-bond donors (Lipinski definition) is 2. The Hall–Kier alpha value is -2.17. The zero-order valence-corrected chi connectivity index (χ0v) is 9.34. The number of amides is 1. The van der Waals surface area contributed by atoms with E-state index >= 15 is 0 Å². The van der Waals surface area contributed by atoms with Crippen molar-refractivity contribution in [1.82, 2.24) is 5.32 Å². The molecule has 2 N–H and O–H groups in total. The van der Waals surface area contributed by atoms with Crippen molar-refractivity contribution in [3.8, 4) is 0 Å². The molecule has 0 aliphatic rings. The van der Waals surface area contributed by atoms with Gasteiger partial charge in [-0.3, -0.25) is 14.4 Å². The van der Waals surface area contributed by atoms with Gasteiger partial charge < -0.3 is 10.4 Å². The molecule has 0 aliphatic carbocycles. The van der Waals surface area contributed by atoms with E-state index < -0.39 is 17.9 Å². The highest BCUT2D eigenvalue weighted by atomic mass is 16.4. The van der Waals surface area contributed by atoms with Crippen LogP contribution in [0.25, 0.3) is 0 Å². The molecule has 1 atom stereocenters. The van der Waals surface area contributed by atoms with Crippen molar-refractivity contribution in [3.05, 3.63) is 35.9 Å². The summed E-state index contributed by atoms with van der Waals surface area (Å²) in [6.07, 6.45) is -0.346. The summed E-state index contributed by atoms with van der Waals surface area (Å²) < 4.78 is 0. The second-order valence-corrected chi connectivity index (χ2v) is 3.59. The maximum atomic E-state index is 11.6. The fourth-order valence-electron chi connectivity index (χ4n) is 1.23. The minimum atomic E-state index is -1.13. The molecule has 1 aromatic carbocycles. The van der Waals surface area contributed by atoms with E-state index in [1.807, 2.05) is 0 Å². The lowest BCUT2D eigenvalue weighted by Crippen LogP contribution is -2.39. The lowest BCUT2D eigenvalue weighted by atomic mass is 10.1. The summed E-state index contributed by atoms with van der Waals surface area (Å²) in [6.45, 7) is 1.34. The van der Waals surface area contributed by atoms with Crippen LogP contribution in [0.2, 0.25) is 0 Å². The predicted molar refractivity (Wildman–Crippen MR) is 60.6 cm³/mol. The zero-order valence-electron chi connectivity index (χ0n) is 9.34. The van der Waals surface area contributed by atoms with E-state index in [-0.39, 0.29) is 12.2 Å². The van der Waals surface area contributed by atoms with Crippen molar-refractivity contribution in [3.63, 3.8) is 0 Å². The summed E-state index contributed by atoms with van der Waals surface area (Å²) in [5.74, 6) is -2.06. The Morgan fingerprint density at radius 1 is 1.24 bits per heavy atom. The Morgan fingerprint density at radius 2 is 1.82 bits per heavy atom. The van der Waals surface area contributed by atoms with Gasteiger partial charge in [-0.25, -0.2) is 0 Å². The van der Waals surface area contributed by atoms with Gasteiger partial charge >= 0.3 is 5.97 Å². The summed E-state index contributed by atoms with van der Waals surface area (Å²) in [6, 6.07) is 7.39. The van der Waals surface area contributed by atoms with Gasteiger partial charge in [-0.1, -0.05) is 30.3 Å². The van der Waals surface area contributed by atoms with E-state index in [1.165, 1.54) is 6.92 Å². The SMILES string of the molecule is CC(NC(=O)CC(=O)c1ccccc1)C(=O)O. The molecule has 1 amide bonds. The Labute approximate surface area is 98.4 Å². The first-order chi connectivity index (χ1) is 8.00. The van der Waals surface area contributed by atoms with Crippen molar-refractivity contribution in [2.75, 3.05) is 0 Å². The van der Waals surface area contributed by atoms with E-state index in [1.54, 1.807) is 30.3 Å². The number of carbonyl (C=O) groups excluding carboxylic acids is 2. The van der Waals surface area contributed by atoms with Crippen LogP contribution >= 0.6 is 0 Å². The lowest BCUT2D eigenvalue weighted by molar-refractivity contribution is -0.141. The van der Waals surface area contributed by atoms with Crippen LogP contribution in [-0.2, 0) is 9.59 Å². The molecule has 0 bridgehead atoms. The number of carboxylic acid groups (broad SMARTS) is 1. The molecule has 0 aromatic heterocycles. The first-order valence-corrected chi connectivity index (χ1v) is 5.11. The summed E-state index contributed by atoms with van der Waals surface area (Å²) in [4.78, 5) is 33.4. The Balaban J connectivity index is 2.53. The first-order valence-electron chi connectivity index (χ1n) is 5.11. The van der Waals surface area contributed by atoms with Crippen molar-refractivity contribution in [2.24, 2.45) is 0 Å². The number of rotatable bonds is 5. The molecule has 0 heterocycles. The number of carbonyl (C=O) groups is 3. The first kappa shape index (κ1) is 12.9. The molecule has 1 unspecified atom stereocenters. The molecule has 0 saturated heterocycles. The summed E-state index contributed by atoms with van der Waals surface area (Å²) in [5, 5.41) is 10.8. The fraction of sp³-hybridized carbons (Fsp3) is 0.250. The molecule has 5 nitrogen and oxygen atoms in total. The van der Waals surface area contributed by atoms with Gasteiger partial charge in [0.05, 0.1) is 6.42 Å². The average molecular weight is 235 g/mol. The Kier molecular flexibility index (Phi) is 4.39. The highest BCUT2D eigenvalue weighted by Crippen LogP contribution is 2.02. The largest absolute Gasteiger partial charge is 0.480 e. The van der Waals surface area contributed by atoms with Gasteiger partial charge in [0.2, 0.25) is 5.91 Å². The van der Waals surface area contributed by atoms with Crippen LogP contribution in [0.15, 0.2) is 30.3 Å². The van der Waals surface area contributed by atoms with Crippen LogP contribution in [-0.4, -0.2) is 28.8 Å². The maximum Gasteiger partial charge on any atom is 0.325 e. The van der Waals surface area contributed by atoms with Crippen LogP contribution < -0.4 is 5.32 Å². The van der Waals surface area contributed by atoms with Gasteiger partial charge in [0, 0.05) is 5.56 Å². The van der Waals surface area contributed by atoms with E-state index in [9.17, 15) is 14.4 Å². The molecule has 17 heavy (non-hydrogen) atoms. The third kappa shape index (κ3) is 4.06. The Bertz CT molecular complexity index is 427. The van der Waals surface area contributed by atoms with Crippen molar-refractivity contribution < 1.29 is 19.5 Å². The molecular weight excluding hydrogens is 222 g/mol. The number of ketones is 1. The third-order valence-corrected chi connectivity index (χ3v) is 2.16. The number of hydrogen-bond acceptors (Lipinski definition) is 3. The van der Waals surface area contributed by atoms with E-state index in [4.69, 9.17) is 5.11 Å². The van der Waals surface area contributed by atoms with E-state index in [2.05, 4.69) is 5.32 Å². The summed E-state index contributed by atoms with van der Waals surface area (Å²) in [7, 11) is 0. The molecule has 0 aliphatic heterocycles. The molecule has 0 saturated carbocycles. The molecule has 0 fully saturated rings. The molecule has 90 valence electrons. The number of nitrogens with one attached hydrogen (secondary N) is 1. The topological polar surface area (TPSA) is 83.5 Å². The van der Waals surface area contributed by atoms with E-state index in [0.717, 1.165) is 0 Å².